The molecular weight excluding hydrogens is 438 g/mol. The molecule has 166 valence electrons. The van der Waals surface area contributed by atoms with E-state index >= 15 is 0 Å². The average molecular weight is 458 g/mol. The zero-order valence-electron chi connectivity index (χ0n) is 16.9. The van der Waals surface area contributed by atoms with Crippen molar-refractivity contribution in [1.82, 2.24) is 9.88 Å². The third kappa shape index (κ3) is 4.80. The SMILES string of the molecule is O=C(Nc1ccc(N2CCCCC2=O)cc1)C1CN(C(=O)Nc2ccc(Cl)cn2)C(=O)O1. The Bertz CT molecular complexity index is 1040. The number of rotatable bonds is 4. The molecule has 0 radical (unpaired) electrons. The lowest BCUT2D eigenvalue weighted by molar-refractivity contribution is -0.122. The summed E-state index contributed by atoms with van der Waals surface area (Å²) in [5.74, 6) is -0.287. The number of piperidine rings is 1. The number of urea groups is 1. The molecule has 0 spiro atoms. The molecule has 0 saturated carbocycles. The number of hydrogen-bond donors (Lipinski definition) is 2. The van der Waals surface area contributed by atoms with Crippen molar-refractivity contribution in [2.45, 2.75) is 25.4 Å². The van der Waals surface area contributed by atoms with Gasteiger partial charge in [-0.3, -0.25) is 14.9 Å². The van der Waals surface area contributed by atoms with Crippen LogP contribution < -0.4 is 15.5 Å². The van der Waals surface area contributed by atoms with Gasteiger partial charge in [-0.25, -0.2) is 19.5 Å². The molecule has 11 heteroatoms. The first-order valence-corrected chi connectivity index (χ1v) is 10.4. The molecule has 1 aromatic heterocycles. The number of ether oxygens (including phenoxy) is 1. The molecule has 2 fully saturated rings. The molecular formula is C21H20ClN5O5. The first kappa shape index (κ1) is 21.6. The standard InChI is InChI=1S/C21H20ClN5O5/c22-13-4-9-17(23-11-13)25-20(30)27-12-16(32-21(27)31)19(29)24-14-5-7-15(8-6-14)26-10-2-1-3-18(26)28/h4-9,11,16H,1-3,10,12H2,(H,24,29)(H,23,25,30). The second kappa shape index (κ2) is 9.23. The number of halogens is 1. The quantitative estimate of drug-likeness (QED) is 0.727. The van der Waals surface area contributed by atoms with E-state index in [1.165, 1.54) is 18.3 Å². The second-order valence-corrected chi connectivity index (χ2v) is 7.75. The van der Waals surface area contributed by atoms with Gasteiger partial charge in [-0.2, -0.15) is 0 Å². The molecule has 32 heavy (non-hydrogen) atoms. The first-order valence-electron chi connectivity index (χ1n) is 10.0. The fourth-order valence-electron chi connectivity index (χ4n) is 3.42. The smallest absolute Gasteiger partial charge is 0.418 e. The zero-order valence-corrected chi connectivity index (χ0v) is 17.7. The number of anilines is 3. The normalized spacial score (nSPS) is 18.3. The first-order chi connectivity index (χ1) is 15.4. The molecule has 5 amide bonds. The van der Waals surface area contributed by atoms with Gasteiger partial charge in [0.1, 0.15) is 5.82 Å². The Kier molecular flexibility index (Phi) is 6.22. The van der Waals surface area contributed by atoms with Crippen molar-refractivity contribution in [3.05, 3.63) is 47.6 Å². The average Bonchev–Trinajstić information content (AvgIpc) is 3.18. The maximum Gasteiger partial charge on any atom is 0.418 e. The van der Waals surface area contributed by atoms with Crippen molar-refractivity contribution in [1.29, 1.82) is 0 Å². The second-order valence-electron chi connectivity index (χ2n) is 7.31. The molecule has 1 unspecified atom stereocenters. The number of pyridine rings is 1. The molecule has 0 bridgehead atoms. The summed E-state index contributed by atoms with van der Waals surface area (Å²) in [5.41, 5.74) is 1.24. The van der Waals surface area contributed by atoms with Gasteiger partial charge in [0.25, 0.3) is 5.91 Å². The fourth-order valence-corrected chi connectivity index (χ4v) is 3.53. The minimum absolute atomic E-state index is 0.0815. The summed E-state index contributed by atoms with van der Waals surface area (Å²) in [4.78, 5) is 55.4. The van der Waals surface area contributed by atoms with Crippen LogP contribution in [0.15, 0.2) is 42.6 Å². The van der Waals surface area contributed by atoms with Crippen molar-refractivity contribution in [3.8, 4) is 0 Å². The van der Waals surface area contributed by atoms with Crippen LogP contribution in [0.3, 0.4) is 0 Å². The highest BCUT2D eigenvalue weighted by molar-refractivity contribution is 6.30. The molecule has 2 N–H and O–H groups in total. The minimum atomic E-state index is -1.16. The summed E-state index contributed by atoms with van der Waals surface area (Å²) in [6.07, 6.45) is 1.64. The summed E-state index contributed by atoms with van der Waals surface area (Å²) in [6, 6.07) is 9.08. The number of nitrogens with one attached hydrogen (secondary N) is 2. The maximum absolute atomic E-state index is 12.5. The summed E-state index contributed by atoms with van der Waals surface area (Å²) in [5, 5.41) is 5.50. The van der Waals surface area contributed by atoms with Crippen LogP contribution in [0.5, 0.6) is 0 Å². The van der Waals surface area contributed by atoms with Gasteiger partial charge in [0.05, 0.1) is 11.6 Å². The van der Waals surface area contributed by atoms with Crippen LogP contribution in [0.2, 0.25) is 5.02 Å². The van der Waals surface area contributed by atoms with Crippen molar-refractivity contribution < 1.29 is 23.9 Å². The van der Waals surface area contributed by atoms with Gasteiger partial charge in [-0.05, 0) is 49.2 Å². The summed E-state index contributed by atoms with van der Waals surface area (Å²) >= 11 is 5.75. The van der Waals surface area contributed by atoms with Crippen LogP contribution in [0.25, 0.3) is 0 Å². The summed E-state index contributed by atoms with van der Waals surface area (Å²) in [6.45, 7) is 0.427. The lowest BCUT2D eigenvalue weighted by Gasteiger charge is -2.26. The van der Waals surface area contributed by atoms with E-state index < -0.39 is 24.1 Å². The van der Waals surface area contributed by atoms with Crippen LogP contribution >= 0.6 is 11.6 Å². The fraction of sp³-hybridized carbons (Fsp3) is 0.286. The number of nitrogens with zero attached hydrogens (tertiary/aromatic N) is 3. The van der Waals surface area contributed by atoms with Gasteiger partial charge in [0.15, 0.2) is 0 Å². The van der Waals surface area contributed by atoms with E-state index in [1.54, 1.807) is 29.2 Å². The van der Waals surface area contributed by atoms with E-state index in [0.717, 1.165) is 23.4 Å². The van der Waals surface area contributed by atoms with Crippen molar-refractivity contribution in [3.63, 3.8) is 0 Å². The van der Waals surface area contributed by atoms with E-state index in [-0.39, 0.29) is 18.3 Å². The Hall–Kier alpha value is -3.66. The number of carbonyl (C=O) groups excluding carboxylic acids is 4. The van der Waals surface area contributed by atoms with Crippen LogP contribution in [-0.4, -0.2) is 53.0 Å². The highest BCUT2D eigenvalue weighted by atomic mass is 35.5. The van der Waals surface area contributed by atoms with Gasteiger partial charge >= 0.3 is 12.1 Å². The molecule has 10 nitrogen and oxygen atoms in total. The predicted molar refractivity (Wildman–Crippen MR) is 117 cm³/mol. The topological polar surface area (TPSA) is 121 Å². The Balaban J connectivity index is 1.33. The van der Waals surface area contributed by atoms with Crippen LogP contribution in [0.4, 0.5) is 26.8 Å². The molecule has 0 aliphatic carbocycles. The van der Waals surface area contributed by atoms with E-state index in [1.807, 2.05) is 0 Å². The minimum Gasteiger partial charge on any atom is -0.434 e. The summed E-state index contributed by atoms with van der Waals surface area (Å²) in [7, 11) is 0. The predicted octanol–water partition coefficient (Wildman–Crippen LogP) is 3.24. The Morgan fingerprint density at radius 1 is 1.06 bits per heavy atom. The number of imide groups is 1. The number of cyclic esters (lactones) is 1. The monoisotopic (exact) mass is 457 g/mol. The lowest BCUT2D eigenvalue weighted by Crippen LogP contribution is -2.38. The molecule has 4 rings (SSSR count). The van der Waals surface area contributed by atoms with E-state index in [2.05, 4.69) is 15.6 Å². The van der Waals surface area contributed by atoms with E-state index in [0.29, 0.717) is 23.7 Å². The van der Waals surface area contributed by atoms with Gasteiger partial charge in [-0.1, -0.05) is 11.6 Å². The van der Waals surface area contributed by atoms with E-state index in [4.69, 9.17) is 16.3 Å². The number of carbonyl (C=O) groups is 4. The highest BCUT2D eigenvalue weighted by Gasteiger charge is 2.40. The number of amides is 5. The van der Waals surface area contributed by atoms with Crippen molar-refractivity contribution in [2.24, 2.45) is 0 Å². The zero-order chi connectivity index (χ0) is 22.7. The van der Waals surface area contributed by atoms with Crippen LogP contribution in [-0.2, 0) is 14.3 Å². The van der Waals surface area contributed by atoms with E-state index in [9.17, 15) is 19.2 Å². The Morgan fingerprint density at radius 3 is 2.53 bits per heavy atom. The summed E-state index contributed by atoms with van der Waals surface area (Å²) < 4.78 is 5.04. The molecule has 3 heterocycles. The Morgan fingerprint density at radius 2 is 1.84 bits per heavy atom. The van der Waals surface area contributed by atoms with Gasteiger partial charge in [-0.15, -0.1) is 0 Å². The van der Waals surface area contributed by atoms with Crippen LogP contribution in [0, 0.1) is 0 Å². The third-order valence-electron chi connectivity index (χ3n) is 5.08. The van der Waals surface area contributed by atoms with Gasteiger partial charge in [0.2, 0.25) is 12.0 Å². The van der Waals surface area contributed by atoms with Gasteiger partial charge in [0, 0.05) is 30.5 Å². The highest BCUT2D eigenvalue weighted by Crippen LogP contribution is 2.23. The number of aromatic nitrogens is 1. The largest absolute Gasteiger partial charge is 0.434 e. The molecule has 2 aliphatic rings. The Labute approximate surface area is 188 Å². The lowest BCUT2D eigenvalue weighted by atomic mass is 10.1. The van der Waals surface area contributed by atoms with Crippen molar-refractivity contribution in [2.75, 3.05) is 28.6 Å². The van der Waals surface area contributed by atoms with Crippen LogP contribution in [0.1, 0.15) is 19.3 Å². The molecule has 1 aromatic carbocycles. The maximum atomic E-state index is 12.5. The number of benzene rings is 1. The number of hydrogen-bond acceptors (Lipinski definition) is 6. The molecule has 2 aliphatic heterocycles. The van der Waals surface area contributed by atoms with Gasteiger partial charge < -0.3 is 15.0 Å². The molecule has 1 atom stereocenters. The van der Waals surface area contributed by atoms with Crippen molar-refractivity contribution >= 4 is 52.7 Å². The third-order valence-corrected chi connectivity index (χ3v) is 5.31. The molecule has 2 aromatic rings. The molecule has 2 saturated heterocycles.